The molecule has 0 saturated carbocycles. The first-order valence-electron chi connectivity index (χ1n) is 8.95. The van der Waals surface area contributed by atoms with Gasteiger partial charge in [-0.2, -0.15) is 0 Å². The van der Waals surface area contributed by atoms with Gasteiger partial charge in [-0.15, -0.1) is 12.4 Å². The molecule has 3 rings (SSSR count). The topological polar surface area (TPSA) is 81.4 Å². The molecular weight excluding hydrogens is 396 g/mol. The van der Waals surface area contributed by atoms with Crippen LogP contribution in [0.5, 0.6) is 5.75 Å². The molecule has 7 heteroatoms. The van der Waals surface area contributed by atoms with Crippen molar-refractivity contribution in [3.05, 3.63) is 71.8 Å². The molecule has 28 heavy (non-hydrogen) atoms. The van der Waals surface area contributed by atoms with Gasteiger partial charge in [-0.3, -0.25) is 0 Å². The maximum absolute atomic E-state index is 11.3. The van der Waals surface area contributed by atoms with Crippen molar-refractivity contribution in [1.29, 1.82) is 0 Å². The fourth-order valence-electron chi connectivity index (χ4n) is 3.08. The van der Waals surface area contributed by atoms with Crippen molar-refractivity contribution in [3.8, 4) is 5.75 Å². The molecule has 0 radical (unpaired) electrons. The average Bonchev–Trinajstić information content (AvgIpc) is 2.66. The number of hydrogen-bond acceptors (Lipinski definition) is 4. The summed E-state index contributed by atoms with van der Waals surface area (Å²) in [4.78, 5) is 0.135. The minimum absolute atomic E-state index is 0. The van der Waals surface area contributed by atoms with E-state index in [0.717, 1.165) is 29.8 Å². The number of ether oxygens (including phenoxy) is 1. The van der Waals surface area contributed by atoms with Gasteiger partial charge in [0, 0.05) is 12.1 Å². The molecule has 0 fully saturated rings. The number of halogens is 1. The highest BCUT2D eigenvalue weighted by Gasteiger charge is 2.09. The molecule has 0 aliphatic heterocycles. The van der Waals surface area contributed by atoms with Crippen molar-refractivity contribution >= 4 is 33.2 Å². The summed E-state index contributed by atoms with van der Waals surface area (Å²) in [5.74, 6) is 0.904. The van der Waals surface area contributed by atoms with Crippen LogP contribution in [0.3, 0.4) is 0 Å². The van der Waals surface area contributed by atoms with E-state index in [1.165, 1.54) is 10.8 Å². The van der Waals surface area contributed by atoms with Crippen molar-refractivity contribution in [2.45, 2.75) is 24.8 Å². The Morgan fingerprint density at radius 2 is 1.71 bits per heavy atom. The van der Waals surface area contributed by atoms with Crippen LogP contribution in [0.25, 0.3) is 10.8 Å². The first-order valence-corrected chi connectivity index (χ1v) is 10.5. The normalized spacial score (nSPS) is 11.2. The Kier molecular flexibility index (Phi) is 7.83. The van der Waals surface area contributed by atoms with E-state index >= 15 is 0 Å². The quantitative estimate of drug-likeness (QED) is 0.545. The second kappa shape index (κ2) is 9.89. The molecule has 0 atom stereocenters. The van der Waals surface area contributed by atoms with E-state index in [4.69, 9.17) is 9.88 Å². The largest absolute Gasteiger partial charge is 0.494 e. The highest BCUT2D eigenvalue weighted by molar-refractivity contribution is 7.89. The lowest BCUT2D eigenvalue weighted by Gasteiger charge is -2.14. The molecule has 0 bridgehead atoms. The van der Waals surface area contributed by atoms with Crippen molar-refractivity contribution in [2.24, 2.45) is 5.14 Å². The van der Waals surface area contributed by atoms with Gasteiger partial charge >= 0.3 is 0 Å². The molecule has 0 aliphatic rings. The van der Waals surface area contributed by atoms with Crippen LogP contribution in [0.15, 0.2) is 65.6 Å². The summed E-state index contributed by atoms with van der Waals surface area (Å²) < 4.78 is 28.4. The van der Waals surface area contributed by atoms with Gasteiger partial charge in [0.15, 0.2) is 0 Å². The molecule has 150 valence electrons. The van der Waals surface area contributed by atoms with Crippen LogP contribution in [-0.4, -0.2) is 21.6 Å². The van der Waals surface area contributed by atoms with Crippen LogP contribution in [-0.2, 0) is 23.0 Å². The summed E-state index contributed by atoms with van der Waals surface area (Å²) in [6.07, 6.45) is 0.791. The van der Waals surface area contributed by atoms with Gasteiger partial charge in [-0.1, -0.05) is 42.5 Å². The summed E-state index contributed by atoms with van der Waals surface area (Å²) in [6.45, 7) is 4.08. The predicted molar refractivity (Wildman–Crippen MR) is 116 cm³/mol. The zero-order valence-electron chi connectivity index (χ0n) is 15.7. The molecule has 5 nitrogen and oxygen atoms in total. The Hall–Kier alpha value is -2.12. The molecule has 0 saturated heterocycles. The van der Waals surface area contributed by atoms with Crippen LogP contribution in [0.4, 0.5) is 0 Å². The Bertz CT molecular complexity index is 1020. The Balaban J connectivity index is 0.00000280. The zero-order chi connectivity index (χ0) is 19.3. The van der Waals surface area contributed by atoms with Crippen molar-refractivity contribution < 1.29 is 13.2 Å². The average molecular weight is 421 g/mol. The van der Waals surface area contributed by atoms with Crippen LogP contribution >= 0.6 is 12.4 Å². The van der Waals surface area contributed by atoms with Gasteiger partial charge in [-0.25, -0.2) is 13.6 Å². The van der Waals surface area contributed by atoms with Crippen LogP contribution in [0.2, 0.25) is 0 Å². The van der Waals surface area contributed by atoms with Crippen molar-refractivity contribution in [1.82, 2.24) is 5.32 Å². The second-order valence-corrected chi connectivity index (χ2v) is 7.87. The lowest BCUT2D eigenvalue weighted by atomic mass is 10.0. The maximum atomic E-state index is 11.3. The van der Waals surface area contributed by atoms with Gasteiger partial charge in [0.25, 0.3) is 0 Å². The van der Waals surface area contributed by atoms with E-state index in [1.54, 1.807) is 24.3 Å². The Morgan fingerprint density at radius 3 is 2.39 bits per heavy atom. The van der Waals surface area contributed by atoms with E-state index in [0.29, 0.717) is 13.2 Å². The molecule has 0 heterocycles. The molecule has 0 aromatic heterocycles. The van der Waals surface area contributed by atoms with E-state index in [-0.39, 0.29) is 17.3 Å². The summed E-state index contributed by atoms with van der Waals surface area (Å²) in [5, 5.41) is 11.0. The van der Waals surface area contributed by atoms with Gasteiger partial charge in [-0.05, 0) is 54.4 Å². The third-order valence-corrected chi connectivity index (χ3v) is 5.37. The second-order valence-electron chi connectivity index (χ2n) is 6.31. The van der Waals surface area contributed by atoms with Crippen LogP contribution < -0.4 is 15.2 Å². The standard InChI is InChI=1S/C21H24N2O3S.ClH/c1-2-26-21-12-9-17-5-3-4-6-19(17)20(21)15-23-14-13-16-7-10-18(11-8-16)27(22,24)25;/h3-12,23H,2,13-15H2,1H3,(H2,22,24,25);1H. The van der Waals surface area contributed by atoms with E-state index in [2.05, 4.69) is 23.5 Å². The lowest BCUT2D eigenvalue weighted by Crippen LogP contribution is -2.18. The van der Waals surface area contributed by atoms with Gasteiger partial charge < -0.3 is 10.1 Å². The monoisotopic (exact) mass is 420 g/mol. The van der Waals surface area contributed by atoms with Crippen LogP contribution in [0.1, 0.15) is 18.1 Å². The van der Waals surface area contributed by atoms with Gasteiger partial charge in [0.2, 0.25) is 10.0 Å². The number of hydrogen-bond donors (Lipinski definition) is 2. The number of nitrogens with one attached hydrogen (secondary N) is 1. The SMILES string of the molecule is CCOc1ccc2ccccc2c1CNCCc1ccc(S(N)(=O)=O)cc1.Cl. The molecule has 3 N–H and O–H groups in total. The minimum Gasteiger partial charge on any atom is -0.494 e. The van der Waals surface area contributed by atoms with E-state index < -0.39 is 10.0 Å². The third kappa shape index (κ3) is 5.45. The molecule has 3 aromatic rings. The highest BCUT2D eigenvalue weighted by atomic mass is 35.5. The summed E-state index contributed by atoms with van der Waals surface area (Å²) in [6, 6.07) is 19.1. The summed E-state index contributed by atoms with van der Waals surface area (Å²) in [5.41, 5.74) is 2.21. The number of sulfonamides is 1. The van der Waals surface area contributed by atoms with E-state index in [9.17, 15) is 8.42 Å². The first kappa shape index (κ1) is 22.2. The predicted octanol–water partition coefficient (Wildman–Crippen LogP) is 3.64. The zero-order valence-corrected chi connectivity index (χ0v) is 17.4. The molecule has 0 aliphatic carbocycles. The maximum Gasteiger partial charge on any atom is 0.238 e. The number of primary sulfonamides is 1. The minimum atomic E-state index is -3.64. The van der Waals surface area contributed by atoms with Crippen molar-refractivity contribution in [2.75, 3.05) is 13.2 Å². The lowest BCUT2D eigenvalue weighted by molar-refractivity contribution is 0.336. The fourth-order valence-corrected chi connectivity index (χ4v) is 3.60. The summed E-state index contributed by atoms with van der Waals surface area (Å²) >= 11 is 0. The molecule has 0 amide bonds. The smallest absolute Gasteiger partial charge is 0.238 e. The molecule has 0 spiro atoms. The molecule has 3 aromatic carbocycles. The number of benzene rings is 3. The Labute approximate surface area is 172 Å². The molecular formula is C21H25ClN2O3S. The summed E-state index contributed by atoms with van der Waals surface area (Å²) in [7, 11) is -3.64. The van der Waals surface area contributed by atoms with E-state index in [1.807, 2.05) is 25.1 Å². The third-order valence-electron chi connectivity index (χ3n) is 4.44. The van der Waals surface area contributed by atoms with Gasteiger partial charge in [0.1, 0.15) is 5.75 Å². The van der Waals surface area contributed by atoms with Crippen LogP contribution in [0, 0.1) is 0 Å². The van der Waals surface area contributed by atoms with Gasteiger partial charge in [0.05, 0.1) is 11.5 Å². The first-order chi connectivity index (χ1) is 13.0. The molecule has 0 unspecified atom stereocenters. The van der Waals surface area contributed by atoms with Crippen molar-refractivity contribution in [3.63, 3.8) is 0 Å². The number of fused-ring (bicyclic) bond motifs is 1. The number of rotatable bonds is 8. The Morgan fingerprint density at radius 1 is 1.00 bits per heavy atom. The highest BCUT2D eigenvalue weighted by Crippen LogP contribution is 2.28. The number of nitrogens with two attached hydrogens (primary N) is 1. The fraction of sp³-hybridized carbons (Fsp3) is 0.238.